The van der Waals surface area contributed by atoms with E-state index in [-0.39, 0.29) is 5.69 Å². The van der Waals surface area contributed by atoms with Crippen LogP contribution in [-0.2, 0) is 6.18 Å². The minimum absolute atomic E-state index is 0.0454. The molecule has 3 rings (SSSR count). The lowest BCUT2D eigenvalue weighted by Gasteiger charge is -2.25. The maximum atomic E-state index is 14.0. The number of thioether (sulfide) groups is 1. The van der Waals surface area contributed by atoms with Crippen molar-refractivity contribution in [1.82, 2.24) is 4.90 Å². The minimum atomic E-state index is -4.49. The third-order valence-corrected chi connectivity index (χ3v) is 5.01. The molecule has 0 spiro atoms. The molecule has 1 fully saturated rings. The van der Waals surface area contributed by atoms with Gasteiger partial charge in [0, 0.05) is 23.5 Å². The second-order valence-corrected chi connectivity index (χ2v) is 6.63. The van der Waals surface area contributed by atoms with Crippen molar-refractivity contribution in [3.63, 3.8) is 0 Å². The molecule has 1 aliphatic heterocycles. The van der Waals surface area contributed by atoms with E-state index in [4.69, 9.17) is 0 Å². The molecule has 0 radical (unpaired) electrons. The number of hydrogen-bond donors (Lipinski definition) is 1. The van der Waals surface area contributed by atoms with E-state index in [1.165, 1.54) is 34.9 Å². The minimum Gasteiger partial charge on any atom is -0.308 e. The van der Waals surface area contributed by atoms with Gasteiger partial charge in [-0.2, -0.15) is 13.2 Å². The SMILES string of the molecule is O=C(Nc1cccc(C(F)(F)F)c1)N1CCSC1c1ccccc1F. The summed E-state index contributed by atoms with van der Waals surface area (Å²) in [5.74, 6) is 0.202. The highest BCUT2D eigenvalue weighted by Crippen LogP contribution is 2.39. The summed E-state index contributed by atoms with van der Waals surface area (Å²) in [7, 11) is 0. The molecular weight excluding hydrogens is 356 g/mol. The lowest BCUT2D eigenvalue weighted by molar-refractivity contribution is -0.137. The zero-order valence-corrected chi connectivity index (χ0v) is 13.7. The number of amides is 2. The average molecular weight is 370 g/mol. The fraction of sp³-hybridized carbons (Fsp3) is 0.235. The smallest absolute Gasteiger partial charge is 0.308 e. The first-order chi connectivity index (χ1) is 11.9. The van der Waals surface area contributed by atoms with Gasteiger partial charge in [-0.3, -0.25) is 0 Å². The Balaban J connectivity index is 1.78. The van der Waals surface area contributed by atoms with Crippen LogP contribution in [0.5, 0.6) is 0 Å². The predicted octanol–water partition coefficient (Wildman–Crippen LogP) is 5.12. The molecule has 1 atom stereocenters. The molecule has 1 unspecified atom stereocenters. The van der Waals surface area contributed by atoms with Gasteiger partial charge < -0.3 is 10.2 Å². The van der Waals surface area contributed by atoms with Crippen LogP contribution in [0.4, 0.5) is 28.0 Å². The molecule has 2 aromatic carbocycles. The molecule has 8 heteroatoms. The number of hydrogen-bond acceptors (Lipinski definition) is 2. The van der Waals surface area contributed by atoms with Crippen LogP contribution in [0.1, 0.15) is 16.5 Å². The van der Waals surface area contributed by atoms with Crippen LogP contribution in [0.2, 0.25) is 0 Å². The number of carbonyl (C=O) groups is 1. The van der Waals surface area contributed by atoms with Gasteiger partial charge in [0.1, 0.15) is 11.2 Å². The van der Waals surface area contributed by atoms with Crippen LogP contribution in [0.15, 0.2) is 48.5 Å². The Bertz CT molecular complexity index is 781. The molecule has 3 nitrogen and oxygen atoms in total. The molecule has 0 bridgehead atoms. The van der Waals surface area contributed by atoms with E-state index >= 15 is 0 Å². The highest BCUT2D eigenvalue weighted by molar-refractivity contribution is 7.99. The van der Waals surface area contributed by atoms with E-state index in [1.807, 2.05) is 0 Å². The fourth-order valence-corrected chi connectivity index (χ4v) is 3.86. The number of anilines is 1. The standard InChI is InChI=1S/C17H14F4N2OS/c18-14-7-2-1-6-13(14)15-23(8-9-25-15)16(24)22-12-5-3-4-11(10-12)17(19,20)21/h1-7,10,15H,8-9H2,(H,22,24). The summed E-state index contributed by atoms with van der Waals surface area (Å²) < 4.78 is 52.3. The topological polar surface area (TPSA) is 32.3 Å². The molecule has 1 aliphatic rings. The third-order valence-electron chi connectivity index (χ3n) is 3.76. The highest BCUT2D eigenvalue weighted by atomic mass is 32.2. The maximum Gasteiger partial charge on any atom is 0.416 e. The molecule has 0 aliphatic carbocycles. The normalized spacial score (nSPS) is 17.6. The van der Waals surface area contributed by atoms with E-state index in [0.717, 1.165) is 12.1 Å². The van der Waals surface area contributed by atoms with Gasteiger partial charge in [-0.05, 0) is 24.3 Å². The molecule has 132 valence electrons. The van der Waals surface area contributed by atoms with Crippen molar-refractivity contribution < 1.29 is 22.4 Å². The van der Waals surface area contributed by atoms with Crippen molar-refractivity contribution >= 4 is 23.5 Å². The summed E-state index contributed by atoms with van der Waals surface area (Å²) >= 11 is 1.41. The van der Waals surface area contributed by atoms with Crippen molar-refractivity contribution in [2.24, 2.45) is 0 Å². The Morgan fingerprint density at radius 1 is 1.16 bits per heavy atom. The summed E-state index contributed by atoms with van der Waals surface area (Å²) in [5, 5.41) is 1.96. The van der Waals surface area contributed by atoms with Gasteiger partial charge in [-0.25, -0.2) is 9.18 Å². The number of nitrogens with zero attached hydrogens (tertiary/aromatic N) is 1. The van der Waals surface area contributed by atoms with Gasteiger partial charge in [0.25, 0.3) is 0 Å². The van der Waals surface area contributed by atoms with E-state index in [0.29, 0.717) is 17.9 Å². The molecule has 1 heterocycles. The Kier molecular flexibility index (Phi) is 4.89. The van der Waals surface area contributed by atoms with E-state index < -0.39 is 29.0 Å². The highest BCUT2D eigenvalue weighted by Gasteiger charge is 2.33. The van der Waals surface area contributed by atoms with Crippen molar-refractivity contribution in [2.75, 3.05) is 17.6 Å². The van der Waals surface area contributed by atoms with Gasteiger partial charge in [0.15, 0.2) is 0 Å². The maximum absolute atomic E-state index is 14.0. The number of nitrogens with one attached hydrogen (secondary N) is 1. The number of urea groups is 1. The molecule has 2 amide bonds. The van der Waals surface area contributed by atoms with Crippen LogP contribution >= 0.6 is 11.8 Å². The molecule has 0 aromatic heterocycles. The zero-order valence-electron chi connectivity index (χ0n) is 12.9. The summed E-state index contributed by atoms with van der Waals surface area (Å²) in [6.45, 7) is 0.383. The summed E-state index contributed by atoms with van der Waals surface area (Å²) in [6.07, 6.45) is -4.49. The predicted molar refractivity (Wildman–Crippen MR) is 88.8 cm³/mol. The number of halogens is 4. The Labute approximate surface area is 146 Å². The second kappa shape index (κ2) is 6.95. The van der Waals surface area contributed by atoms with Gasteiger partial charge in [-0.15, -0.1) is 11.8 Å². The van der Waals surface area contributed by atoms with Crippen molar-refractivity contribution in [3.8, 4) is 0 Å². The first kappa shape index (κ1) is 17.6. The second-order valence-electron chi connectivity index (χ2n) is 5.45. The van der Waals surface area contributed by atoms with E-state index in [9.17, 15) is 22.4 Å². The summed E-state index contributed by atoms with van der Waals surface area (Å²) in [6, 6.07) is 10.0. The lowest BCUT2D eigenvalue weighted by atomic mass is 10.2. The summed E-state index contributed by atoms with van der Waals surface area (Å²) in [4.78, 5) is 13.9. The largest absolute Gasteiger partial charge is 0.416 e. The third kappa shape index (κ3) is 3.89. The van der Waals surface area contributed by atoms with Gasteiger partial charge in [0.05, 0.1) is 5.56 Å². The molecule has 2 aromatic rings. The number of alkyl halides is 3. The Hall–Kier alpha value is -2.22. The van der Waals surface area contributed by atoms with Gasteiger partial charge in [-0.1, -0.05) is 24.3 Å². The fourth-order valence-electron chi connectivity index (χ4n) is 2.58. The molecule has 0 saturated carbocycles. The lowest BCUT2D eigenvalue weighted by Crippen LogP contribution is -2.34. The van der Waals surface area contributed by atoms with Crippen molar-refractivity contribution in [3.05, 3.63) is 65.5 Å². The van der Waals surface area contributed by atoms with E-state index in [2.05, 4.69) is 5.32 Å². The number of carbonyl (C=O) groups excluding carboxylic acids is 1. The van der Waals surface area contributed by atoms with Crippen LogP contribution < -0.4 is 5.32 Å². The number of benzene rings is 2. The van der Waals surface area contributed by atoms with Crippen molar-refractivity contribution in [1.29, 1.82) is 0 Å². The van der Waals surface area contributed by atoms with Crippen LogP contribution in [-0.4, -0.2) is 23.2 Å². The Morgan fingerprint density at radius 3 is 2.64 bits per heavy atom. The monoisotopic (exact) mass is 370 g/mol. The van der Waals surface area contributed by atoms with Gasteiger partial charge in [0.2, 0.25) is 0 Å². The van der Waals surface area contributed by atoms with Crippen LogP contribution in [0.25, 0.3) is 0 Å². The van der Waals surface area contributed by atoms with Crippen molar-refractivity contribution in [2.45, 2.75) is 11.6 Å². The average Bonchev–Trinajstić information content (AvgIpc) is 3.04. The molecule has 1 saturated heterocycles. The molecular formula is C17H14F4N2OS. The quantitative estimate of drug-likeness (QED) is 0.744. The first-order valence-corrected chi connectivity index (χ1v) is 8.52. The van der Waals surface area contributed by atoms with Crippen LogP contribution in [0.3, 0.4) is 0 Å². The number of rotatable bonds is 2. The van der Waals surface area contributed by atoms with Crippen LogP contribution in [0, 0.1) is 5.82 Å². The Morgan fingerprint density at radius 2 is 1.92 bits per heavy atom. The molecule has 25 heavy (non-hydrogen) atoms. The summed E-state index contributed by atoms with van der Waals surface area (Å²) in [5.41, 5.74) is -0.417. The molecule has 1 N–H and O–H groups in total. The zero-order chi connectivity index (χ0) is 18.0. The van der Waals surface area contributed by atoms with Gasteiger partial charge >= 0.3 is 12.2 Å². The first-order valence-electron chi connectivity index (χ1n) is 7.47. The van der Waals surface area contributed by atoms with E-state index in [1.54, 1.807) is 18.2 Å².